The van der Waals surface area contributed by atoms with E-state index < -0.39 is 0 Å². The summed E-state index contributed by atoms with van der Waals surface area (Å²) in [7, 11) is 3.38. The fourth-order valence-electron chi connectivity index (χ4n) is 0.759. The minimum atomic E-state index is 0.665. The van der Waals surface area contributed by atoms with E-state index in [-0.39, 0.29) is 0 Å². The first-order valence-electron chi connectivity index (χ1n) is 4.95. The van der Waals surface area contributed by atoms with Gasteiger partial charge in [-0.1, -0.05) is 19.4 Å². The molecule has 0 spiro atoms. The second kappa shape index (κ2) is 10.6. The number of aliphatic imine (C=N–C) groups is 2. The van der Waals surface area contributed by atoms with Crippen molar-refractivity contribution < 1.29 is 0 Å². The molecule has 4 nitrogen and oxygen atoms in total. The summed E-state index contributed by atoms with van der Waals surface area (Å²) in [5.41, 5.74) is 1.12. The molecule has 15 heavy (non-hydrogen) atoms. The largest absolute Gasteiger partial charge is 0.293 e. The lowest BCUT2D eigenvalue weighted by Crippen LogP contribution is -2.21. The molecule has 0 aromatic carbocycles. The lowest BCUT2D eigenvalue weighted by molar-refractivity contribution is 0.609. The highest BCUT2D eigenvalue weighted by Crippen LogP contribution is 1.97. The Balaban J connectivity index is 0. The van der Waals surface area contributed by atoms with Gasteiger partial charge in [0.05, 0.1) is 6.21 Å². The van der Waals surface area contributed by atoms with Crippen molar-refractivity contribution in [2.24, 2.45) is 15.1 Å². The van der Waals surface area contributed by atoms with Crippen molar-refractivity contribution in [1.29, 1.82) is 0 Å². The molecule has 0 heterocycles. The molecule has 0 atom stereocenters. The molecule has 0 N–H and O–H groups in total. The van der Waals surface area contributed by atoms with E-state index in [1.165, 1.54) is 0 Å². The third-order valence-corrected chi connectivity index (χ3v) is 1.24. The molecule has 0 saturated carbocycles. The van der Waals surface area contributed by atoms with Crippen molar-refractivity contribution in [3.05, 3.63) is 11.8 Å². The number of hydrogen-bond acceptors (Lipinski definition) is 3. The van der Waals surface area contributed by atoms with E-state index in [0.29, 0.717) is 5.84 Å². The maximum Gasteiger partial charge on any atom is 0.166 e. The zero-order chi connectivity index (χ0) is 12.3. The van der Waals surface area contributed by atoms with Crippen LogP contribution in [0.2, 0.25) is 0 Å². The second-order valence-corrected chi connectivity index (χ2v) is 2.66. The van der Waals surface area contributed by atoms with Gasteiger partial charge in [0, 0.05) is 27.0 Å². The fourth-order valence-corrected chi connectivity index (χ4v) is 0.759. The molecule has 4 heteroatoms. The van der Waals surface area contributed by atoms with Crippen LogP contribution in [0.5, 0.6) is 0 Å². The highest BCUT2D eigenvalue weighted by atomic mass is 15.5. The van der Waals surface area contributed by atoms with E-state index >= 15 is 0 Å². The van der Waals surface area contributed by atoms with Crippen LogP contribution < -0.4 is 0 Å². The second-order valence-electron chi connectivity index (χ2n) is 2.66. The van der Waals surface area contributed by atoms with Crippen molar-refractivity contribution in [2.45, 2.75) is 27.7 Å². The van der Waals surface area contributed by atoms with E-state index in [4.69, 9.17) is 0 Å². The Bertz CT molecular complexity index is 247. The molecule has 0 aromatic rings. The summed E-state index contributed by atoms with van der Waals surface area (Å²) in [6, 6.07) is 0. The summed E-state index contributed by atoms with van der Waals surface area (Å²) < 4.78 is 0. The SMILES string of the molecule is C=NN(C=C(C)C)C(C=NC)=NC.CC. The Morgan fingerprint density at radius 1 is 1.20 bits per heavy atom. The van der Waals surface area contributed by atoms with Crippen LogP contribution >= 0.6 is 0 Å². The minimum Gasteiger partial charge on any atom is -0.293 e. The lowest BCUT2D eigenvalue weighted by atomic mass is 10.4. The number of hydrazone groups is 1. The summed E-state index contributed by atoms with van der Waals surface area (Å²) in [5, 5.41) is 5.39. The van der Waals surface area contributed by atoms with Crippen molar-refractivity contribution in [2.75, 3.05) is 14.1 Å². The Labute approximate surface area is 93.1 Å². The van der Waals surface area contributed by atoms with Crippen molar-refractivity contribution in [1.82, 2.24) is 5.01 Å². The average Bonchev–Trinajstić information content (AvgIpc) is 2.25. The lowest BCUT2D eigenvalue weighted by Gasteiger charge is -2.12. The molecule has 0 aliphatic heterocycles. The molecule has 0 unspecified atom stereocenters. The van der Waals surface area contributed by atoms with E-state index in [1.807, 2.05) is 33.9 Å². The van der Waals surface area contributed by atoms with Gasteiger partial charge < -0.3 is 0 Å². The Kier molecular flexibility index (Phi) is 11.3. The summed E-state index contributed by atoms with van der Waals surface area (Å²) in [5.74, 6) is 0.665. The smallest absolute Gasteiger partial charge is 0.166 e. The molecule has 86 valence electrons. The molecule has 0 saturated heterocycles. The summed E-state index contributed by atoms with van der Waals surface area (Å²) in [6.45, 7) is 11.4. The van der Waals surface area contributed by atoms with Gasteiger partial charge in [-0.3, -0.25) is 9.98 Å². The third kappa shape index (κ3) is 7.61. The van der Waals surface area contributed by atoms with Gasteiger partial charge in [-0.25, -0.2) is 5.01 Å². The number of amidine groups is 1. The van der Waals surface area contributed by atoms with E-state index in [9.17, 15) is 0 Å². The molecule has 0 fully saturated rings. The summed E-state index contributed by atoms with van der Waals surface area (Å²) >= 11 is 0. The van der Waals surface area contributed by atoms with Gasteiger partial charge in [0.2, 0.25) is 0 Å². The molecule has 0 radical (unpaired) electrons. The number of allylic oxidation sites excluding steroid dienone is 1. The van der Waals surface area contributed by atoms with Gasteiger partial charge >= 0.3 is 0 Å². The molecule has 0 aliphatic rings. The standard InChI is InChI=1S/C9H16N4.C2H6/c1-8(2)7-13(12-5)9(11-4)6-10-3;1-2/h6-7H,5H2,1-4H3;1-2H3. The first-order chi connectivity index (χ1) is 7.15. The van der Waals surface area contributed by atoms with E-state index in [0.717, 1.165) is 5.57 Å². The fraction of sp³-hybridized carbons (Fsp3) is 0.545. The summed E-state index contributed by atoms with van der Waals surface area (Å²) in [4.78, 5) is 7.89. The van der Waals surface area contributed by atoms with Crippen LogP contribution in [0.4, 0.5) is 0 Å². The van der Waals surface area contributed by atoms with Crippen LogP contribution in [0, 0.1) is 0 Å². The van der Waals surface area contributed by atoms with Gasteiger partial charge in [0.1, 0.15) is 0 Å². The normalized spacial score (nSPS) is 10.4. The van der Waals surface area contributed by atoms with Gasteiger partial charge in [-0.05, 0) is 13.8 Å². The first-order valence-corrected chi connectivity index (χ1v) is 4.95. The van der Waals surface area contributed by atoms with E-state index in [1.54, 1.807) is 25.3 Å². The van der Waals surface area contributed by atoms with Crippen LogP contribution in [0.15, 0.2) is 26.9 Å². The van der Waals surface area contributed by atoms with Gasteiger partial charge in [-0.2, -0.15) is 5.10 Å². The highest BCUT2D eigenvalue weighted by Gasteiger charge is 2.01. The minimum absolute atomic E-state index is 0.665. The van der Waals surface area contributed by atoms with Crippen molar-refractivity contribution in [3.8, 4) is 0 Å². The monoisotopic (exact) mass is 210 g/mol. The van der Waals surface area contributed by atoms with Crippen LogP contribution in [0.3, 0.4) is 0 Å². The quantitative estimate of drug-likeness (QED) is 0.401. The highest BCUT2D eigenvalue weighted by molar-refractivity contribution is 6.29. The van der Waals surface area contributed by atoms with E-state index in [2.05, 4.69) is 21.8 Å². The Morgan fingerprint density at radius 3 is 2.00 bits per heavy atom. The van der Waals surface area contributed by atoms with Crippen molar-refractivity contribution in [3.63, 3.8) is 0 Å². The van der Waals surface area contributed by atoms with Gasteiger partial charge in [0.25, 0.3) is 0 Å². The molecule has 0 bridgehead atoms. The maximum absolute atomic E-state index is 4.02. The average molecular weight is 210 g/mol. The number of rotatable bonds is 3. The third-order valence-electron chi connectivity index (χ3n) is 1.24. The maximum atomic E-state index is 4.02. The predicted molar refractivity (Wildman–Crippen MR) is 69.9 cm³/mol. The molecular weight excluding hydrogens is 188 g/mol. The molecule has 0 aliphatic carbocycles. The molecule has 0 amide bonds. The van der Waals surface area contributed by atoms with Gasteiger partial charge in [0.15, 0.2) is 5.84 Å². The van der Waals surface area contributed by atoms with Crippen LogP contribution in [-0.2, 0) is 0 Å². The van der Waals surface area contributed by atoms with Crippen molar-refractivity contribution >= 4 is 18.8 Å². The van der Waals surface area contributed by atoms with Gasteiger partial charge in [-0.15, -0.1) is 0 Å². The van der Waals surface area contributed by atoms with Crippen LogP contribution in [0.1, 0.15) is 27.7 Å². The summed E-state index contributed by atoms with van der Waals surface area (Å²) in [6.07, 6.45) is 3.48. The molecule has 0 rings (SSSR count). The zero-order valence-electron chi connectivity index (χ0n) is 10.7. The topological polar surface area (TPSA) is 40.3 Å². The Morgan fingerprint density at radius 2 is 1.73 bits per heavy atom. The molecular formula is C11H22N4. The molecule has 0 aromatic heterocycles. The van der Waals surface area contributed by atoms with Crippen LogP contribution in [0.25, 0.3) is 0 Å². The van der Waals surface area contributed by atoms with Crippen LogP contribution in [-0.4, -0.2) is 37.9 Å². The predicted octanol–water partition coefficient (Wildman–Crippen LogP) is 2.58. The number of hydrogen-bond donors (Lipinski definition) is 0. The number of nitrogens with zero attached hydrogens (tertiary/aromatic N) is 4. The zero-order valence-corrected chi connectivity index (χ0v) is 10.7. The first kappa shape index (κ1) is 16.0. The Hall–Kier alpha value is -1.45.